The minimum atomic E-state index is 0.239. The van der Waals surface area contributed by atoms with E-state index in [0.29, 0.717) is 11.8 Å². The first-order valence-corrected chi connectivity index (χ1v) is 7.85. The smallest absolute Gasteiger partial charge is 0.225 e. The molecule has 0 saturated carbocycles. The zero-order valence-corrected chi connectivity index (χ0v) is 13.6. The van der Waals surface area contributed by atoms with E-state index in [9.17, 15) is 0 Å². The van der Waals surface area contributed by atoms with Crippen molar-refractivity contribution in [3.8, 4) is 5.88 Å². The maximum absolute atomic E-state index is 5.74. The number of aromatic nitrogens is 2. The van der Waals surface area contributed by atoms with Crippen molar-refractivity contribution in [2.24, 2.45) is 5.92 Å². The van der Waals surface area contributed by atoms with Gasteiger partial charge in [-0.15, -0.1) is 0 Å². The van der Waals surface area contributed by atoms with Crippen LogP contribution in [0, 0.1) is 5.92 Å². The third-order valence-corrected chi connectivity index (χ3v) is 4.25. The second kappa shape index (κ2) is 6.73. The van der Waals surface area contributed by atoms with Gasteiger partial charge in [-0.1, -0.05) is 18.2 Å². The van der Waals surface area contributed by atoms with Gasteiger partial charge >= 0.3 is 0 Å². The lowest BCUT2D eigenvalue weighted by atomic mass is 10.1. The molecule has 2 aromatic rings. The van der Waals surface area contributed by atoms with E-state index >= 15 is 0 Å². The maximum atomic E-state index is 5.74. The van der Waals surface area contributed by atoms with Crippen molar-refractivity contribution in [2.75, 3.05) is 49.3 Å². The monoisotopic (exact) mass is 313 g/mol. The van der Waals surface area contributed by atoms with Crippen LogP contribution in [0.25, 0.3) is 0 Å². The average molecular weight is 313 g/mol. The number of nitrogen functional groups attached to an aromatic ring is 1. The molecule has 1 saturated heterocycles. The van der Waals surface area contributed by atoms with Gasteiger partial charge in [0.2, 0.25) is 11.8 Å². The molecule has 2 N–H and O–H groups in total. The zero-order valence-electron chi connectivity index (χ0n) is 13.6. The Hall–Kier alpha value is -2.50. The van der Waals surface area contributed by atoms with Crippen molar-refractivity contribution in [3.05, 3.63) is 36.4 Å². The fourth-order valence-electron chi connectivity index (χ4n) is 3.07. The van der Waals surface area contributed by atoms with Gasteiger partial charge in [0.25, 0.3) is 0 Å². The Morgan fingerprint density at radius 1 is 1.30 bits per heavy atom. The molecule has 1 unspecified atom stereocenters. The van der Waals surface area contributed by atoms with Gasteiger partial charge in [-0.25, -0.2) is 0 Å². The Bertz CT molecular complexity index is 649. The lowest BCUT2D eigenvalue weighted by molar-refractivity contribution is 0.397. The summed E-state index contributed by atoms with van der Waals surface area (Å²) in [5.74, 6) is 2.13. The van der Waals surface area contributed by atoms with Crippen LogP contribution in [0.4, 0.5) is 17.5 Å². The second-order valence-electron chi connectivity index (χ2n) is 5.94. The molecule has 1 aliphatic heterocycles. The first kappa shape index (κ1) is 15.4. The number of hydrogen-bond donors (Lipinski definition) is 1. The number of hydrogen-bond acceptors (Lipinski definition) is 6. The molecular weight excluding hydrogens is 290 g/mol. The molecule has 0 amide bonds. The standard InChI is InChI=1S/C17H23N5O/c1-21(15-10-16(23-2)20-17(18)19-15)11-13-8-9-22(12-13)14-6-4-3-5-7-14/h3-7,10,13H,8-9,11-12H2,1-2H3,(H2,18,19,20). The predicted molar refractivity (Wildman–Crippen MR) is 93.0 cm³/mol. The van der Waals surface area contributed by atoms with Gasteiger partial charge in [-0.05, 0) is 24.5 Å². The largest absolute Gasteiger partial charge is 0.481 e. The first-order valence-electron chi connectivity index (χ1n) is 7.85. The molecule has 1 aliphatic rings. The number of nitrogens with zero attached hydrogens (tertiary/aromatic N) is 4. The van der Waals surface area contributed by atoms with Gasteiger partial charge in [-0.2, -0.15) is 9.97 Å². The number of para-hydroxylation sites is 1. The lowest BCUT2D eigenvalue weighted by Crippen LogP contribution is -2.29. The molecule has 1 fully saturated rings. The van der Waals surface area contributed by atoms with Crippen LogP contribution in [0.1, 0.15) is 6.42 Å². The molecule has 0 bridgehead atoms. The summed E-state index contributed by atoms with van der Waals surface area (Å²) in [7, 11) is 3.62. The molecule has 6 heteroatoms. The van der Waals surface area contributed by atoms with Gasteiger partial charge in [0.1, 0.15) is 5.82 Å². The molecule has 1 aromatic heterocycles. The van der Waals surface area contributed by atoms with Crippen molar-refractivity contribution in [2.45, 2.75) is 6.42 Å². The van der Waals surface area contributed by atoms with E-state index in [0.717, 1.165) is 25.5 Å². The molecule has 0 radical (unpaired) electrons. The molecule has 3 rings (SSSR count). The second-order valence-corrected chi connectivity index (χ2v) is 5.94. The Balaban J connectivity index is 1.63. The predicted octanol–water partition coefficient (Wildman–Crippen LogP) is 2.03. The third kappa shape index (κ3) is 3.64. The summed E-state index contributed by atoms with van der Waals surface area (Å²) in [5, 5.41) is 0. The SMILES string of the molecule is COc1cc(N(C)CC2CCN(c3ccccc3)C2)nc(N)n1. The number of ether oxygens (including phenoxy) is 1. The van der Waals surface area contributed by atoms with E-state index in [4.69, 9.17) is 10.5 Å². The molecule has 1 atom stereocenters. The van der Waals surface area contributed by atoms with Crippen LogP contribution >= 0.6 is 0 Å². The highest BCUT2D eigenvalue weighted by Crippen LogP contribution is 2.25. The molecule has 1 aromatic carbocycles. The van der Waals surface area contributed by atoms with Crippen LogP contribution < -0.4 is 20.3 Å². The summed E-state index contributed by atoms with van der Waals surface area (Å²) in [6, 6.07) is 12.4. The fraction of sp³-hybridized carbons (Fsp3) is 0.412. The zero-order chi connectivity index (χ0) is 16.2. The van der Waals surface area contributed by atoms with E-state index in [2.05, 4.69) is 50.1 Å². The van der Waals surface area contributed by atoms with Gasteiger partial charge in [0.05, 0.1) is 7.11 Å². The van der Waals surface area contributed by atoms with Crippen molar-refractivity contribution >= 4 is 17.5 Å². The Labute approximate surface area is 136 Å². The lowest BCUT2D eigenvalue weighted by Gasteiger charge is -2.23. The minimum absolute atomic E-state index is 0.239. The summed E-state index contributed by atoms with van der Waals surface area (Å²) < 4.78 is 5.16. The van der Waals surface area contributed by atoms with E-state index in [-0.39, 0.29) is 5.95 Å². The molecular formula is C17H23N5O. The summed E-state index contributed by atoms with van der Waals surface area (Å²) in [6.45, 7) is 3.09. The Morgan fingerprint density at radius 3 is 2.83 bits per heavy atom. The van der Waals surface area contributed by atoms with E-state index in [1.54, 1.807) is 7.11 Å². The Morgan fingerprint density at radius 2 is 2.09 bits per heavy atom. The molecule has 122 valence electrons. The third-order valence-electron chi connectivity index (χ3n) is 4.25. The number of nitrogens with two attached hydrogens (primary N) is 1. The maximum Gasteiger partial charge on any atom is 0.225 e. The fourth-order valence-corrected chi connectivity index (χ4v) is 3.07. The number of anilines is 3. The van der Waals surface area contributed by atoms with Crippen LogP contribution in [0.2, 0.25) is 0 Å². The van der Waals surface area contributed by atoms with Crippen molar-refractivity contribution in [1.29, 1.82) is 0 Å². The molecule has 23 heavy (non-hydrogen) atoms. The van der Waals surface area contributed by atoms with Crippen molar-refractivity contribution < 1.29 is 4.74 Å². The van der Waals surface area contributed by atoms with E-state index in [1.165, 1.54) is 12.1 Å². The molecule has 6 nitrogen and oxygen atoms in total. The molecule has 2 heterocycles. The van der Waals surface area contributed by atoms with E-state index < -0.39 is 0 Å². The van der Waals surface area contributed by atoms with Crippen molar-refractivity contribution in [1.82, 2.24) is 9.97 Å². The number of methoxy groups -OCH3 is 1. The quantitative estimate of drug-likeness (QED) is 0.911. The normalized spacial score (nSPS) is 17.3. The summed E-state index contributed by atoms with van der Waals surface area (Å²) in [5.41, 5.74) is 7.04. The first-order chi connectivity index (χ1) is 11.2. The molecule has 0 aliphatic carbocycles. The van der Waals surface area contributed by atoms with Crippen LogP contribution in [0.15, 0.2) is 36.4 Å². The van der Waals surface area contributed by atoms with Gasteiger partial charge in [0.15, 0.2) is 0 Å². The average Bonchev–Trinajstić information content (AvgIpc) is 3.03. The highest BCUT2D eigenvalue weighted by molar-refractivity contribution is 5.48. The van der Waals surface area contributed by atoms with Gasteiger partial charge in [0, 0.05) is 38.4 Å². The summed E-state index contributed by atoms with van der Waals surface area (Å²) in [6.07, 6.45) is 1.18. The topological polar surface area (TPSA) is 67.5 Å². The number of rotatable bonds is 5. The highest BCUT2D eigenvalue weighted by Gasteiger charge is 2.24. The van der Waals surface area contributed by atoms with Crippen LogP contribution in [0.5, 0.6) is 5.88 Å². The molecule has 0 spiro atoms. The number of benzene rings is 1. The van der Waals surface area contributed by atoms with Crippen molar-refractivity contribution in [3.63, 3.8) is 0 Å². The minimum Gasteiger partial charge on any atom is -0.481 e. The summed E-state index contributed by atoms with van der Waals surface area (Å²) >= 11 is 0. The van der Waals surface area contributed by atoms with Crippen LogP contribution in [-0.2, 0) is 0 Å². The van der Waals surface area contributed by atoms with Crippen LogP contribution in [0.3, 0.4) is 0 Å². The highest BCUT2D eigenvalue weighted by atomic mass is 16.5. The van der Waals surface area contributed by atoms with Gasteiger partial charge in [-0.3, -0.25) is 0 Å². The Kier molecular flexibility index (Phi) is 4.50. The van der Waals surface area contributed by atoms with Gasteiger partial charge < -0.3 is 20.3 Å². The van der Waals surface area contributed by atoms with E-state index in [1.807, 2.05) is 13.1 Å². The van der Waals surface area contributed by atoms with Crippen LogP contribution in [-0.4, -0.2) is 43.8 Å². The summed E-state index contributed by atoms with van der Waals surface area (Å²) in [4.78, 5) is 12.9.